The summed E-state index contributed by atoms with van der Waals surface area (Å²) in [6.07, 6.45) is -4.40. The van der Waals surface area contributed by atoms with E-state index in [-0.39, 0.29) is 6.29 Å². The average Bonchev–Trinajstić information content (AvgIpc) is 2.17. The second kappa shape index (κ2) is 4.34. The van der Waals surface area contributed by atoms with E-state index in [2.05, 4.69) is 13.4 Å². The molecular formula is C4H6O10P2. The van der Waals surface area contributed by atoms with Crippen LogP contribution >= 0.6 is 15.6 Å². The van der Waals surface area contributed by atoms with Crippen LogP contribution in [0.3, 0.4) is 0 Å². The Balaban J connectivity index is 3.13. The van der Waals surface area contributed by atoms with E-state index in [0.29, 0.717) is 0 Å². The molecule has 0 amide bonds. The number of hydrogen-bond donors (Lipinski definition) is 3. The molecule has 3 N–H and O–H groups in total. The van der Waals surface area contributed by atoms with Crippen LogP contribution in [0.25, 0.3) is 0 Å². The molecule has 2 unspecified atom stereocenters. The lowest BCUT2D eigenvalue weighted by Crippen LogP contribution is -2.36. The van der Waals surface area contributed by atoms with Crippen molar-refractivity contribution in [2.75, 3.05) is 0 Å². The fraction of sp³-hybridized carbons (Fsp3) is 0.500. The molecule has 4 atom stereocenters. The summed E-state index contributed by atoms with van der Waals surface area (Å²) >= 11 is 0. The molecule has 0 bridgehead atoms. The maximum Gasteiger partial charge on any atom is 0.482 e. The smallest absolute Gasteiger partial charge is 0.479 e. The van der Waals surface area contributed by atoms with E-state index < -0.39 is 33.8 Å². The molecule has 1 fully saturated rings. The first kappa shape index (κ1) is 13.5. The number of phosphoric ester groups is 2. The molecule has 0 radical (unpaired) electrons. The van der Waals surface area contributed by atoms with Gasteiger partial charge in [-0.1, -0.05) is 0 Å². The predicted molar refractivity (Wildman–Crippen MR) is 44.2 cm³/mol. The Bertz CT molecular complexity index is 402. The van der Waals surface area contributed by atoms with Gasteiger partial charge in [0.15, 0.2) is 18.5 Å². The van der Waals surface area contributed by atoms with Gasteiger partial charge in [-0.3, -0.25) is 9.05 Å². The quantitative estimate of drug-likeness (QED) is 0.433. The van der Waals surface area contributed by atoms with Gasteiger partial charge in [-0.05, 0) is 0 Å². The monoisotopic (exact) mass is 276 g/mol. The van der Waals surface area contributed by atoms with Gasteiger partial charge in [0, 0.05) is 0 Å². The number of phosphoric acid groups is 2. The van der Waals surface area contributed by atoms with Crippen LogP contribution < -0.4 is 0 Å². The van der Waals surface area contributed by atoms with Crippen LogP contribution in [-0.2, 0) is 32.1 Å². The van der Waals surface area contributed by atoms with Gasteiger partial charge in [-0.25, -0.2) is 13.9 Å². The lowest BCUT2D eigenvalue weighted by molar-refractivity contribution is -0.151. The molecule has 1 rings (SSSR count). The first-order chi connectivity index (χ1) is 7.17. The standard InChI is InChI=1S/C4H6O10P2/c5-1-2-3(4(6)7)13-16(10,11)14-15(8,9)12-2/h1-3H,(H,6,7)(H,8,9)(H,10,11)/t2-,3+/m0/s1. The lowest BCUT2D eigenvalue weighted by Gasteiger charge is -2.14. The second-order valence-electron chi connectivity index (χ2n) is 2.59. The molecule has 1 aliphatic rings. The fourth-order valence-corrected chi connectivity index (χ4v) is 3.18. The molecule has 0 spiro atoms. The normalized spacial score (nSPS) is 44.6. The van der Waals surface area contributed by atoms with Gasteiger partial charge in [0.1, 0.15) is 0 Å². The van der Waals surface area contributed by atoms with Crippen molar-refractivity contribution in [2.45, 2.75) is 12.2 Å². The molecule has 10 nitrogen and oxygen atoms in total. The summed E-state index contributed by atoms with van der Waals surface area (Å²) in [6, 6.07) is 0. The number of rotatable bonds is 2. The minimum atomic E-state index is -5.09. The number of carbonyl (C=O) groups excluding carboxylic acids is 1. The average molecular weight is 276 g/mol. The summed E-state index contributed by atoms with van der Waals surface area (Å²) in [7, 11) is -10.1. The Labute approximate surface area is 88.0 Å². The molecular weight excluding hydrogens is 270 g/mol. The van der Waals surface area contributed by atoms with E-state index in [0.717, 1.165) is 0 Å². The first-order valence-electron chi connectivity index (χ1n) is 3.59. The fourth-order valence-electron chi connectivity index (χ4n) is 0.863. The molecule has 1 saturated heterocycles. The van der Waals surface area contributed by atoms with Crippen LogP contribution in [0.5, 0.6) is 0 Å². The largest absolute Gasteiger partial charge is 0.482 e. The van der Waals surface area contributed by atoms with Gasteiger partial charge in [0.05, 0.1) is 0 Å². The first-order valence-corrected chi connectivity index (χ1v) is 6.58. The molecule has 1 aliphatic heterocycles. The van der Waals surface area contributed by atoms with Crippen molar-refractivity contribution in [3.05, 3.63) is 0 Å². The molecule has 0 aromatic heterocycles. The van der Waals surface area contributed by atoms with Crippen LogP contribution in [-0.4, -0.2) is 39.4 Å². The number of carbonyl (C=O) groups is 2. The Morgan fingerprint density at radius 1 is 1.19 bits per heavy atom. The number of hydrogen-bond acceptors (Lipinski definition) is 7. The van der Waals surface area contributed by atoms with Crippen molar-refractivity contribution in [3.8, 4) is 0 Å². The van der Waals surface area contributed by atoms with Gasteiger partial charge in [-0.15, -0.1) is 0 Å². The minimum absolute atomic E-state index is 0.156. The third-order valence-corrected chi connectivity index (χ3v) is 4.04. The zero-order valence-corrected chi connectivity index (χ0v) is 9.11. The summed E-state index contributed by atoms with van der Waals surface area (Å²) in [5.74, 6) is -1.82. The van der Waals surface area contributed by atoms with E-state index in [1.165, 1.54) is 0 Å². The maximum atomic E-state index is 11.0. The molecule has 92 valence electrons. The maximum absolute atomic E-state index is 11.0. The Morgan fingerprint density at radius 3 is 2.12 bits per heavy atom. The molecule has 16 heavy (non-hydrogen) atoms. The van der Waals surface area contributed by atoms with Crippen LogP contribution in [0.1, 0.15) is 0 Å². The van der Waals surface area contributed by atoms with E-state index in [1.807, 2.05) is 0 Å². The van der Waals surface area contributed by atoms with Crippen molar-refractivity contribution < 1.29 is 47.0 Å². The molecule has 0 saturated carbocycles. The summed E-state index contributed by atoms with van der Waals surface area (Å²) < 4.78 is 33.6. The van der Waals surface area contributed by atoms with Crippen LogP contribution in [0.15, 0.2) is 0 Å². The van der Waals surface area contributed by atoms with Gasteiger partial charge >= 0.3 is 21.6 Å². The van der Waals surface area contributed by atoms with E-state index in [1.54, 1.807) is 0 Å². The van der Waals surface area contributed by atoms with Crippen molar-refractivity contribution >= 4 is 27.9 Å². The highest BCUT2D eigenvalue weighted by Gasteiger charge is 2.49. The van der Waals surface area contributed by atoms with E-state index in [4.69, 9.17) is 14.9 Å². The second-order valence-corrected chi connectivity index (χ2v) is 5.54. The van der Waals surface area contributed by atoms with Gasteiger partial charge in [-0.2, -0.15) is 4.31 Å². The summed E-state index contributed by atoms with van der Waals surface area (Å²) in [5, 5.41) is 8.54. The molecule has 1 heterocycles. The van der Waals surface area contributed by atoms with Crippen molar-refractivity contribution in [1.82, 2.24) is 0 Å². The Morgan fingerprint density at radius 2 is 1.69 bits per heavy atom. The highest BCUT2D eigenvalue weighted by Crippen LogP contribution is 2.63. The van der Waals surface area contributed by atoms with Crippen molar-refractivity contribution in [2.24, 2.45) is 0 Å². The van der Waals surface area contributed by atoms with Crippen molar-refractivity contribution in [1.29, 1.82) is 0 Å². The highest BCUT2D eigenvalue weighted by molar-refractivity contribution is 7.61. The van der Waals surface area contributed by atoms with Gasteiger partial charge < -0.3 is 19.7 Å². The van der Waals surface area contributed by atoms with Crippen LogP contribution in [0.2, 0.25) is 0 Å². The highest BCUT2D eigenvalue weighted by atomic mass is 31.3. The lowest BCUT2D eigenvalue weighted by atomic mass is 10.2. The number of carboxylic acid groups (broad SMARTS) is 1. The summed E-state index contributed by atoms with van der Waals surface area (Å²) in [4.78, 5) is 38.6. The minimum Gasteiger partial charge on any atom is -0.479 e. The number of carboxylic acids is 1. The number of aldehydes is 1. The van der Waals surface area contributed by atoms with Crippen LogP contribution in [0.4, 0.5) is 0 Å². The predicted octanol–water partition coefficient (Wildman–Crippen LogP) is -0.729. The molecule has 0 aromatic rings. The van der Waals surface area contributed by atoms with E-state index >= 15 is 0 Å². The Kier molecular flexibility index (Phi) is 3.65. The molecule has 0 aliphatic carbocycles. The molecule has 12 heteroatoms. The zero-order valence-electron chi connectivity index (χ0n) is 7.33. The SMILES string of the molecule is O=C[C@@H]1OP(=O)(O)OP(=O)(O)O[C@H]1C(=O)O. The van der Waals surface area contributed by atoms with Crippen LogP contribution in [0, 0.1) is 0 Å². The summed E-state index contributed by atoms with van der Waals surface area (Å²) in [5.41, 5.74) is 0. The summed E-state index contributed by atoms with van der Waals surface area (Å²) in [6.45, 7) is 0. The third kappa shape index (κ3) is 3.19. The van der Waals surface area contributed by atoms with E-state index in [9.17, 15) is 18.7 Å². The zero-order chi connectivity index (χ0) is 12.6. The third-order valence-electron chi connectivity index (χ3n) is 1.38. The number of aliphatic carboxylic acids is 1. The Hall–Kier alpha value is -0.600. The molecule has 0 aromatic carbocycles. The van der Waals surface area contributed by atoms with Crippen molar-refractivity contribution in [3.63, 3.8) is 0 Å². The topological polar surface area (TPSA) is 157 Å². The van der Waals surface area contributed by atoms with Gasteiger partial charge in [0.2, 0.25) is 0 Å². The van der Waals surface area contributed by atoms with Gasteiger partial charge in [0.25, 0.3) is 0 Å².